The molecule has 0 aromatic carbocycles. The highest BCUT2D eigenvalue weighted by Crippen LogP contribution is 2.18. The Hall–Kier alpha value is -2.13. The SMILES string of the molecule is C=C/C=C\C=C\C(C(=C)/C=C\C=C)C(N)CC(=O)O. The first-order chi connectivity index (χ1) is 9.02. The van der Waals surface area contributed by atoms with Gasteiger partial charge in [-0.3, -0.25) is 4.79 Å². The maximum Gasteiger partial charge on any atom is 0.304 e. The van der Waals surface area contributed by atoms with Gasteiger partial charge in [0, 0.05) is 12.0 Å². The molecule has 0 radical (unpaired) electrons. The van der Waals surface area contributed by atoms with Gasteiger partial charge < -0.3 is 10.8 Å². The summed E-state index contributed by atoms with van der Waals surface area (Å²) >= 11 is 0. The van der Waals surface area contributed by atoms with Crippen molar-refractivity contribution in [1.82, 2.24) is 0 Å². The fourth-order valence-electron chi connectivity index (χ4n) is 1.50. The molecule has 0 aromatic rings. The van der Waals surface area contributed by atoms with E-state index in [0.29, 0.717) is 0 Å². The van der Waals surface area contributed by atoms with Crippen LogP contribution in [0.3, 0.4) is 0 Å². The number of hydrogen-bond donors (Lipinski definition) is 2. The molecule has 0 saturated heterocycles. The number of carboxylic acid groups (broad SMARTS) is 1. The van der Waals surface area contributed by atoms with Crippen LogP contribution < -0.4 is 5.73 Å². The van der Waals surface area contributed by atoms with Gasteiger partial charge in [-0.1, -0.05) is 68.3 Å². The summed E-state index contributed by atoms with van der Waals surface area (Å²) in [6.07, 6.45) is 13.9. The van der Waals surface area contributed by atoms with E-state index in [1.807, 2.05) is 6.08 Å². The second-order valence-corrected chi connectivity index (χ2v) is 3.96. The van der Waals surface area contributed by atoms with Gasteiger partial charge in [0.1, 0.15) is 0 Å². The molecule has 0 bridgehead atoms. The van der Waals surface area contributed by atoms with Gasteiger partial charge in [-0.25, -0.2) is 0 Å². The standard InChI is InChI=1S/C16H21NO2/c1-4-6-8-9-11-14(13(3)10-7-5-2)15(17)12-16(18)19/h4-11,14-15H,1-3,12,17H2,(H,18,19)/b8-6-,10-7-,11-9+. The Bertz CT molecular complexity index is 416. The minimum absolute atomic E-state index is 0.110. The molecule has 0 heterocycles. The summed E-state index contributed by atoms with van der Waals surface area (Å²) in [5.41, 5.74) is 6.66. The van der Waals surface area contributed by atoms with E-state index in [4.69, 9.17) is 10.8 Å². The minimum atomic E-state index is -0.923. The maximum absolute atomic E-state index is 10.7. The molecule has 3 heteroatoms. The van der Waals surface area contributed by atoms with Gasteiger partial charge in [0.05, 0.1) is 6.42 Å². The Morgan fingerprint density at radius 2 is 1.79 bits per heavy atom. The Labute approximate surface area is 114 Å². The predicted octanol–water partition coefficient (Wildman–Crippen LogP) is 3.00. The number of rotatable bonds is 9. The molecule has 3 N–H and O–H groups in total. The van der Waals surface area contributed by atoms with Crippen LogP contribution in [0.1, 0.15) is 6.42 Å². The van der Waals surface area contributed by atoms with Crippen molar-refractivity contribution in [2.75, 3.05) is 0 Å². The Morgan fingerprint density at radius 1 is 1.16 bits per heavy atom. The van der Waals surface area contributed by atoms with Crippen LogP contribution in [0.4, 0.5) is 0 Å². The summed E-state index contributed by atoms with van der Waals surface area (Å²) in [5, 5.41) is 8.81. The van der Waals surface area contributed by atoms with E-state index in [1.54, 1.807) is 42.5 Å². The van der Waals surface area contributed by atoms with E-state index in [2.05, 4.69) is 19.7 Å². The molecule has 2 atom stereocenters. The van der Waals surface area contributed by atoms with Crippen molar-refractivity contribution >= 4 is 5.97 Å². The monoisotopic (exact) mass is 259 g/mol. The number of nitrogens with two attached hydrogens (primary N) is 1. The van der Waals surface area contributed by atoms with E-state index >= 15 is 0 Å². The van der Waals surface area contributed by atoms with E-state index in [0.717, 1.165) is 5.57 Å². The lowest BCUT2D eigenvalue weighted by atomic mass is 9.90. The average Bonchev–Trinajstić information content (AvgIpc) is 2.35. The van der Waals surface area contributed by atoms with Crippen LogP contribution in [0.15, 0.2) is 73.9 Å². The zero-order chi connectivity index (χ0) is 14.7. The van der Waals surface area contributed by atoms with E-state index in [9.17, 15) is 4.79 Å². The molecule has 2 unspecified atom stereocenters. The first kappa shape index (κ1) is 16.9. The molecule has 0 rings (SSSR count). The molecule has 19 heavy (non-hydrogen) atoms. The molecule has 0 amide bonds. The number of aliphatic carboxylic acids is 1. The Kier molecular flexibility index (Phi) is 8.75. The van der Waals surface area contributed by atoms with Gasteiger partial charge in [0.15, 0.2) is 0 Å². The zero-order valence-electron chi connectivity index (χ0n) is 11.0. The summed E-state index contributed by atoms with van der Waals surface area (Å²) in [5.74, 6) is -1.16. The lowest BCUT2D eigenvalue weighted by molar-refractivity contribution is -0.137. The minimum Gasteiger partial charge on any atom is -0.481 e. The lowest BCUT2D eigenvalue weighted by Gasteiger charge is -2.19. The van der Waals surface area contributed by atoms with Crippen molar-refractivity contribution in [3.8, 4) is 0 Å². The van der Waals surface area contributed by atoms with E-state index in [-0.39, 0.29) is 12.3 Å². The van der Waals surface area contributed by atoms with Crippen LogP contribution in [-0.4, -0.2) is 17.1 Å². The highest BCUT2D eigenvalue weighted by molar-refractivity contribution is 5.67. The molecule has 102 valence electrons. The third-order valence-electron chi connectivity index (χ3n) is 2.42. The number of carbonyl (C=O) groups is 1. The molecule has 0 spiro atoms. The normalized spacial score (nSPS) is 14.8. The molecule has 0 saturated carbocycles. The van der Waals surface area contributed by atoms with Crippen molar-refractivity contribution < 1.29 is 9.90 Å². The van der Waals surface area contributed by atoms with Crippen molar-refractivity contribution in [3.63, 3.8) is 0 Å². The van der Waals surface area contributed by atoms with E-state index < -0.39 is 12.0 Å². The number of hydrogen-bond acceptors (Lipinski definition) is 2. The first-order valence-electron chi connectivity index (χ1n) is 5.94. The summed E-state index contributed by atoms with van der Waals surface area (Å²) in [4.78, 5) is 10.7. The quantitative estimate of drug-likeness (QED) is 0.626. The molecular weight excluding hydrogens is 238 g/mol. The van der Waals surface area contributed by atoms with Crippen LogP contribution in [0.5, 0.6) is 0 Å². The molecular formula is C16H21NO2. The van der Waals surface area contributed by atoms with Crippen LogP contribution >= 0.6 is 0 Å². The molecule has 0 aliphatic rings. The van der Waals surface area contributed by atoms with Crippen molar-refractivity contribution in [2.24, 2.45) is 11.7 Å². The summed E-state index contributed by atoms with van der Waals surface area (Å²) in [7, 11) is 0. The zero-order valence-corrected chi connectivity index (χ0v) is 11.0. The Balaban J connectivity index is 4.95. The van der Waals surface area contributed by atoms with Crippen LogP contribution in [0.2, 0.25) is 0 Å². The maximum atomic E-state index is 10.7. The van der Waals surface area contributed by atoms with Crippen LogP contribution in [0.25, 0.3) is 0 Å². The van der Waals surface area contributed by atoms with Crippen molar-refractivity contribution in [2.45, 2.75) is 12.5 Å². The number of carboxylic acids is 1. The van der Waals surface area contributed by atoms with Crippen LogP contribution in [0, 0.1) is 5.92 Å². The topological polar surface area (TPSA) is 63.3 Å². The molecule has 0 aromatic heterocycles. The highest BCUT2D eigenvalue weighted by Gasteiger charge is 2.19. The third-order valence-corrected chi connectivity index (χ3v) is 2.42. The first-order valence-corrected chi connectivity index (χ1v) is 5.94. The molecule has 0 aliphatic heterocycles. The number of allylic oxidation sites excluding steroid dienone is 7. The van der Waals surface area contributed by atoms with Gasteiger partial charge in [0.25, 0.3) is 0 Å². The summed E-state index contributed by atoms with van der Waals surface area (Å²) < 4.78 is 0. The van der Waals surface area contributed by atoms with Gasteiger partial charge in [0.2, 0.25) is 0 Å². The molecule has 0 fully saturated rings. The third kappa shape index (κ3) is 7.73. The Morgan fingerprint density at radius 3 is 2.32 bits per heavy atom. The van der Waals surface area contributed by atoms with Crippen molar-refractivity contribution in [1.29, 1.82) is 0 Å². The highest BCUT2D eigenvalue weighted by atomic mass is 16.4. The molecule has 0 aliphatic carbocycles. The summed E-state index contributed by atoms with van der Waals surface area (Å²) in [6.45, 7) is 11.1. The van der Waals surface area contributed by atoms with Crippen molar-refractivity contribution in [3.05, 3.63) is 73.9 Å². The smallest absolute Gasteiger partial charge is 0.304 e. The second-order valence-electron chi connectivity index (χ2n) is 3.96. The molecule has 3 nitrogen and oxygen atoms in total. The van der Waals surface area contributed by atoms with Gasteiger partial charge in [-0.15, -0.1) is 0 Å². The largest absolute Gasteiger partial charge is 0.481 e. The predicted molar refractivity (Wildman–Crippen MR) is 80.7 cm³/mol. The van der Waals surface area contributed by atoms with Gasteiger partial charge >= 0.3 is 5.97 Å². The fraction of sp³-hybridized carbons (Fsp3) is 0.188. The second kappa shape index (κ2) is 9.85. The van der Waals surface area contributed by atoms with Crippen LogP contribution in [-0.2, 0) is 4.79 Å². The lowest BCUT2D eigenvalue weighted by Crippen LogP contribution is -2.32. The van der Waals surface area contributed by atoms with E-state index in [1.165, 1.54) is 0 Å². The van der Waals surface area contributed by atoms with Gasteiger partial charge in [-0.05, 0) is 5.57 Å². The van der Waals surface area contributed by atoms with Gasteiger partial charge in [-0.2, -0.15) is 0 Å². The fourth-order valence-corrected chi connectivity index (χ4v) is 1.50. The summed E-state index contributed by atoms with van der Waals surface area (Å²) in [6, 6.07) is -0.521. The average molecular weight is 259 g/mol.